The molecule has 0 aromatic heterocycles. The fourth-order valence-corrected chi connectivity index (χ4v) is 3.03. The lowest BCUT2D eigenvalue weighted by atomic mass is 10.1. The quantitative estimate of drug-likeness (QED) is 0.844. The molecule has 5 nitrogen and oxygen atoms in total. The van der Waals surface area contributed by atoms with Crippen LogP contribution in [-0.2, 0) is 19.3 Å². The van der Waals surface area contributed by atoms with Crippen LogP contribution < -0.4 is 0 Å². The molecule has 1 aliphatic rings. The van der Waals surface area contributed by atoms with Gasteiger partial charge in [0.1, 0.15) is 0 Å². The summed E-state index contributed by atoms with van der Waals surface area (Å²) in [6, 6.07) is 6.50. The molecule has 102 valence electrons. The van der Waals surface area contributed by atoms with E-state index in [9.17, 15) is 8.42 Å². The highest BCUT2D eigenvalue weighted by molar-refractivity contribution is 7.91. The highest BCUT2D eigenvalue weighted by atomic mass is 32.2. The molecule has 0 bridgehead atoms. The second-order valence-electron chi connectivity index (χ2n) is 4.19. The molecule has 0 unspecified atom stereocenters. The fraction of sp³-hybridized carbons (Fsp3) is 0.462. The van der Waals surface area contributed by atoms with Crippen molar-refractivity contribution < 1.29 is 17.9 Å². The van der Waals surface area contributed by atoms with E-state index in [-0.39, 0.29) is 10.6 Å². The maximum Gasteiger partial charge on any atom is 0.185 e. The number of hydrogen-bond donors (Lipinski definition) is 0. The maximum atomic E-state index is 12.1. The van der Waals surface area contributed by atoms with Crippen LogP contribution in [0.4, 0.5) is 0 Å². The summed E-state index contributed by atoms with van der Waals surface area (Å²) in [4.78, 5) is 0.126. The van der Waals surface area contributed by atoms with Gasteiger partial charge in [0.05, 0.1) is 35.5 Å². The third-order valence-electron chi connectivity index (χ3n) is 2.94. The Morgan fingerprint density at radius 1 is 1.37 bits per heavy atom. The van der Waals surface area contributed by atoms with Gasteiger partial charge < -0.3 is 9.47 Å². The highest BCUT2D eigenvalue weighted by Gasteiger charge is 2.25. The lowest BCUT2D eigenvalue weighted by Crippen LogP contribution is -2.20. The Morgan fingerprint density at radius 3 is 2.63 bits per heavy atom. The zero-order valence-corrected chi connectivity index (χ0v) is 11.4. The van der Waals surface area contributed by atoms with Crippen LogP contribution in [0.25, 0.3) is 0 Å². The maximum absolute atomic E-state index is 12.1. The molecule has 19 heavy (non-hydrogen) atoms. The molecule has 0 atom stereocenters. The first-order valence-electron chi connectivity index (χ1n) is 6.08. The first-order chi connectivity index (χ1) is 9.08. The Balaban J connectivity index is 2.51. The molecule has 0 N–H and O–H groups in total. The van der Waals surface area contributed by atoms with Gasteiger partial charge in [-0.05, 0) is 18.6 Å². The highest BCUT2D eigenvalue weighted by Crippen LogP contribution is 2.30. The third-order valence-corrected chi connectivity index (χ3v) is 4.72. The molecule has 0 saturated carbocycles. The summed E-state index contributed by atoms with van der Waals surface area (Å²) in [7, 11) is -3.42. The van der Waals surface area contributed by atoms with E-state index < -0.39 is 16.1 Å². The van der Waals surface area contributed by atoms with Gasteiger partial charge in [0.15, 0.2) is 16.1 Å². The average Bonchev–Trinajstić information content (AvgIpc) is 2.47. The first kappa shape index (κ1) is 14.0. The summed E-state index contributed by atoms with van der Waals surface area (Å²) in [5.74, 6) is -0.0262. The van der Waals surface area contributed by atoms with Gasteiger partial charge in [-0.25, -0.2) is 8.42 Å². The largest absolute Gasteiger partial charge is 0.348 e. The summed E-state index contributed by atoms with van der Waals surface area (Å²) < 4.78 is 35.1. The lowest BCUT2D eigenvalue weighted by molar-refractivity contribution is -0.184. The molecule has 0 amide bonds. The van der Waals surface area contributed by atoms with Crippen molar-refractivity contribution in [3.63, 3.8) is 0 Å². The minimum absolute atomic E-state index is 0.0262. The Morgan fingerprint density at radius 2 is 2.05 bits per heavy atom. The standard InChI is InChI=1S/C13H15NO4S/c1-2-19(15,16)12-8-10(9-14)4-5-11(12)13-17-6-3-7-18-13/h4-5,8,13H,2-3,6-7H2,1H3. The van der Waals surface area contributed by atoms with E-state index in [0.29, 0.717) is 24.3 Å². The lowest BCUT2D eigenvalue weighted by Gasteiger charge is -2.25. The van der Waals surface area contributed by atoms with Gasteiger partial charge in [-0.1, -0.05) is 13.0 Å². The van der Waals surface area contributed by atoms with E-state index in [1.165, 1.54) is 6.07 Å². The molecule has 1 saturated heterocycles. The number of nitriles is 1. The number of nitrogens with zero attached hydrogens (tertiary/aromatic N) is 1. The van der Waals surface area contributed by atoms with Crippen molar-refractivity contribution in [1.29, 1.82) is 5.26 Å². The zero-order chi connectivity index (χ0) is 13.9. The summed E-state index contributed by atoms with van der Waals surface area (Å²) in [6.45, 7) is 2.65. The van der Waals surface area contributed by atoms with Crippen molar-refractivity contribution in [3.8, 4) is 6.07 Å². The smallest absolute Gasteiger partial charge is 0.185 e. The molecule has 0 aliphatic carbocycles. The molecule has 1 aliphatic heterocycles. The molecule has 0 radical (unpaired) electrons. The van der Waals surface area contributed by atoms with Crippen molar-refractivity contribution >= 4 is 9.84 Å². The van der Waals surface area contributed by atoms with Crippen LogP contribution in [0.1, 0.15) is 30.8 Å². The summed E-state index contributed by atoms with van der Waals surface area (Å²) in [6.07, 6.45) is 0.126. The molecule has 1 heterocycles. The van der Waals surface area contributed by atoms with Crippen LogP contribution >= 0.6 is 0 Å². The van der Waals surface area contributed by atoms with Crippen molar-refractivity contribution in [2.45, 2.75) is 24.5 Å². The number of ether oxygens (including phenoxy) is 2. The fourth-order valence-electron chi connectivity index (χ4n) is 1.89. The van der Waals surface area contributed by atoms with Gasteiger partial charge in [-0.3, -0.25) is 0 Å². The van der Waals surface area contributed by atoms with Gasteiger partial charge in [0.2, 0.25) is 0 Å². The van der Waals surface area contributed by atoms with Gasteiger partial charge >= 0.3 is 0 Å². The van der Waals surface area contributed by atoms with Crippen LogP contribution in [0, 0.1) is 11.3 Å². The van der Waals surface area contributed by atoms with E-state index >= 15 is 0 Å². The predicted molar refractivity (Wildman–Crippen MR) is 68.1 cm³/mol. The van der Waals surface area contributed by atoms with Crippen molar-refractivity contribution in [2.75, 3.05) is 19.0 Å². The van der Waals surface area contributed by atoms with Crippen LogP contribution in [-0.4, -0.2) is 27.4 Å². The summed E-state index contributed by atoms with van der Waals surface area (Å²) in [5, 5.41) is 8.89. The predicted octanol–water partition coefficient (Wildman–Crippen LogP) is 1.79. The number of hydrogen-bond acceptors (Lipinski definition) is 5. The molecule has 0 spiro atoms. The summed E-state index contributed by atoms with van der Waals surface area (Å²) in [5.41, 5.74) is 0.784. The van der Waals surface area contributed by atoms with Crippen LogP contribution in [0.3, 0.4) is 0 Å². The van der Waals surface area contributed by atoms with E-state index in [1.807, 2.05) is 6.07 Å². The van der Waals surface area contributed by atoms with Crippen molar-refractivity contribution in [1.82, 2.24) is 0 Å². The van der Waals surface area contributed by atoms with Crippen LogP contribution in [0.2, 0.25) is 0 Å². The molecule has 6 heteroatoms. The van der Waals surface area contributed by atoms with E-state index in [1.54, 1.807) is 19.1 Å². The molecular weight excluding hydrogens is 266 g/mol. The normalized spacial score (nSPS) is 17.1. The van der Waals surface area contributed by atoms with Crippen LogP contribution in [0.15, 0.2) is 23.1 Å². The van der Waals surface area contributed by atoms with Gasteiger partial charge in [0.25, 0.3) is 0 Å². The minimum atomic E-state index is -3.42. The molecule has 1 aromatic rings. The zero-order valence-electron chi connectivity index (χ0n) is 10.6. The van der Waals surface area contributed by atoms with E-state index in [0.717, 1.165) is 6.42 Å². The molecule has 1 fully saturated rings. The number of sulfone groups is 1. The minimum Gasteiger partial charge on any atom is -0.348 e. The van der Waals surface area contributed by atoms with Gasteiger partial charge in [0, 0.05) is 5.56 Å². The second-order valence-corrected chi connectivity index (χ2v) is 6.44. The van der Waals surface area contributed by atoms with Gasteiger partial charge in [-0.2, -0.15) is 5.26 Å². The SMILES string of the molecule is CCS(=O)(=O)c1cc(C#N)ccc1C1OCCCO1. The van der Waals surface area contributed by atoms with Gasteiger partial charge in [-0.15, -0.1) is 0 Å². The second kappa shape index (κ2) is 5.70. The first-order valence-corrected chi connectivity index (χ1v) is 7.73. The van der Waals surface area contributed by atoms with Crippen molar-refractivity contribution in [2.24, 2.45) is 0 Å². The Bertz CT molecular complexity index is 598. The van der Waals surface area contributed by atoms with Crippen molar-refractivity contribution in [3.05, 3.63) is 29.3 Å². The van der Waals surface area contributed by atoms with Crippen LogP contribution in [0.5, 0.6) is 0 Å². The third kappa shape index (κ3) is 2.95. The Labute approximate surface area is 112 Å². The number of rotatable bonds is 3. The topological polar surface area (TPSA) is 76.4 Å². The Kier molecular flexibility index (Phi) is 4.20. The van der Waals surface area contributed by atoms with E-state index in [2.05, 4.69) is 0 Å². The van der Waals surface area contributed by atoms with E-state index in [4.69, 9.17) is 14.7 Å². The number of benzene rings is 1. The summed E-state index contributed by atoms with van der Waals surface area (Å²) >= 11 is 0. The molecular formula is C13H15NO4S. The average molecular weight is 281 g/mol. The molecule has 2 rings (SSSR count). The Hall–Kier alpha value is -1.42. The monoisotopic (exact) mass is 281 g/mol. The molecule has 1 aromatic carbocycles.